The molecule has 0 saturated carbocycles. The summed E-state index contributed by atoms with van der Waals surface area (Å²) in [4.78, 5) is 6.97. The first-order valence-electron chi connectivity index (χ1n) is 7.44. The van der Waals surface area contributed by atoms with Gasteiger partial charge in [-0.3, -0.25) is 0 Å². The van der Waals surface area contributed by atoms with Crippen LogP contribution in [-0.4, -0.2) is 50.0 Å². The van der Waals surface area contributed by atoms with E-state index in [2.05, 4.69) is 43.1 Å². The molecule has 1 aromatic heterocycles. The van der Waals surface area contributed by atoms with Gasteiger partial charge >= 0.3 is 0 Å². The predicted molar refractivity (Wildman–Crippen MR) is 84.6 cm³/mol. The molecule has 1 fully saturated rings. The summed E-state index contributed by atoms with van der Waals surface area (Å²) < 4.78 is 11.0. The van der Waals surface area contributed by atoms with E-state index >= 15 is 0 Å². The molecule has 118 valence electrons. The minimum absolute atomic E-state index is 0.0909. The van der Waals surface area contributed by atoms with E-state index in [1.807, 2.05) is 6.07 Å². The van der Waals surface area contributed by atoms with Crippen molar-refractivity contribution in [2.75, 3.05) is 32.2 Å². The fourth-order valence-electron chi connectivity index (χ4n) is 2.48. The van der Waals surface area contributed by atoms with Gasteiger partial charge in [0.1, 0.15) is 18.0 Å². The number of nitrogens with zero attached hydrogens (tertiary/aromatic N) is 2. The highest BCUT2D eigenvalue weighted by Crippen LogP contribution is 2.22. The molecule has 0 aliphatic carbocycles. The Hall–Kier alpha value is -1.17. The number of aromatic nitrogens is 1. The zero-order valence-electron chi connectivity index (χ0n) is 13.7. The van der Waals surface area contributed by atoms with Gasteiger partial charge in [0.25, 0.3) is 0 Å². The van der Waals surface area contributed by atoms with Crippen molar-refractivity contribution in [2.24, 2.45) is 0 Å². The first kappa shape index (κ1) is 16.2. The summed E-state index contributed by atoms with van der Waals surface area (Å²) in [5, 5.41) is 3.47. The largest absolute Gasteiger partial charge is 0.377 e. The molecule has 5 heteroatoms. The number of methoxy groups -OCH3 is 2. The van der Waals surface area contributed by atoms with E-state index in [1.165, 1.54) is 0 Å². The molecule has 0 amide bonds. The van der Waals surface area contributed by atoms with E-state index in [9.17, 15) is 0 Å². The molecule has 0 radical (unpaired) electrons. The summed E-state index contributed by atoms with van der Waals surface area (Å²) in [5.74, 6) is 0.991. The van der Waals surface area contributed by atoms with E-state index in [0.717, 1.165) is 31.1 Å². The number of nitrogens with one attached hydrogen (secondary N) is 1. The molecule has 1 saturated heterocycles. The van der Waals surface area contributed by atoms with Crippen molar-refractivity contribution < 1.29 is 9.47 Å². The van der Waals surface area contributed by atoms with Crippen LogP contribution in [0.2, 0.25) is 0 Å². The van der Waals surface area contributed by atoms with Crippen molar-refractivity contribution in [1.82, 2.24) is 10.3 Å². The zero-order chi connectivity index (χ0) is 15.5. The highest BCUT2D eigenvalue weighted by atomic mass is 16.5. The number of rotatable bonds is 5. The molecule has 1 aliphatic heterocycles. The Kier molecular flexibility index (Phi) is 5.19. The molecule has 0 aromatic carbocycles. The van der Waals surface area contributed by atoms with Gasteiger partial charge < -0.3 is 19.7 Å². The molecule has 5 nitrogen and oxygen atoms in total. The Morgan fingerprint density at radius 2 is 1.81 bits per heavy atom. The maximum Gasteiger partial charge on any atom is 0.129 e. The van der Waals surface area contributed by atoms with Gasteiger partial charge in [0.2, 0.25) is 0 Å². The molecule has 1 aromatic rings. The Labute approximate surface area is 127 Å². The number of pyridine rings is 1. The molecule has 1 N–H and O–H groups in total. The topological polar surface area (TPSA) is 46.6 Å². The van der Waals surface area contributed by atoms with Crippen molar-refractivity contribution in [3.63, 3.8) is 0 Å². The van der Waals surface area contributed by atoms with Gasteiger partial charge in [0, 0.05) is 39.4 Å². The molecule has 0 bridgehead atoms. The highest BCUT2D eigenvalue weighted by molar-refractivity contribution is 5.41. The van der Waals surface area contributed by atoms with Crippen molar-refractivity contribution in [2.45, 2.75) is 45.1 Å². The van der Waals surface area contributed by atoms with Crippen LogP contribution in [0.3, 0.4) is 0 Å². The minimum atomic E-state index is 0.0909. The summed E-state index contributed by atoms with van der Waals surface area (Å²) >= 11 is 0. The molecule has 2 heterocycles. The smallest absolute Gasteiger partial charge is 0.129 e. The molecular formula is C16H27N3O2. The second-order valence-electron chi connectivity index (χ2n) is 6.54. The lowest BCUT2D eigenvalue weighted by molar-refractivity contribution is -0.00461. The fraction of sp³-hybridized carbons (Fsp3) is 0.688. The van der Waals surface area contributed by atoms with Crippen molar-refractivity contribution in [3.8, 4) is 0 Å². The van der Waals surface area contributed by atoms with Crippen LogP contribution in [0.15, 0.2) is 18.2 Å². The Balaban J connectivity index is 2.04. The van der Waals surface area contributed by atoms with Gasteiger partial charge in [-0.2, -0.15) is 0 Å². The predicted octanol–water partition coefficient (Wildman–Crippen LogP) is 1.82. The molecular weight excluding hydrogens is 266 g/mol. The van der Waals surface area contributed by atoms with Crippen LogP contribution in [0.5, 0.6) is 0 Å². The molecule has 21 heavy (non-hydrogen) atoms. The van der Waals surface area contributed by atoms with E-state index in [0.29, 0.717) is 0 Å². The van der Waals surface area contributed by atoms with Crippen LogP contribution in [0.4, 0.5) is 5.82 Å². The molecule has 2 unspecified atom stereocenters. The quantitative estimate of drug-likeness (QED) is 0.897. The van der Waals surface area contributed by atoms with E-state index in [1.54, 1.807) is 14.2 Å². The Bertz CT molecular complexity index is 447. The number of ether oxygens (including phenoxy) is 2. The Morgan fingerprint density at radius 3 is 2.33 bits per heavy atom. The van der Waals surface area contributed by atoms with E-state index in [4.69, 9.17) is 14.5 Å². The minimum Gasteiger partial charge on any atom is -0.377 e. The first-order valence-corrected chi connectivity index (χ1v) is 7.44. The van der Waals surface area contributed by atoms with Crippen LogP contribution in [0.25, 0.3) is 0 Å². The highest BCUT2D eigenvalue weighted by Gasteiger charge is 2.33. The summed E-state index contributed by atoms with van der Waals surface area (Å²) in [6.07, 6.45) is 0.210. The molecule has 2 atom stereocenters. The number of anilines is 1. The maximum absolute atomic E-state index is 5.48. The third kappa shape index (κ3) is 4.40. The van der Waals surface area contributed by atoms with Crippen LogP contribution in [0.1, 0.15) is 26.5 Å². The maximum atomic E-state index is 5.48. The lowest BCUT2D eigenvalue weighted by Gasteiger charge is -2.21. The number of hydrogen-bond acceptors (Lipinski definition) is 5. The van der Waals surface area contributed by atoms with Crippen molar-refractivity contribution in [3.05, 3.63) is 23.9 Å². The average Bonchev–Trinajstić information content (AvgIpc) is 2.88. The zero-order valence-corrected chi connectivity index (χ0v) is 13.7. The third-order valence-electron chi connectivity index (χ3n) is 3.74. The van der Waals surface area contributed by atoms with E-state index < -0.39 is 0 Å². The monoisotopic (exact) mass is 293 g/mol. The molecule has 0 spiro atoms. The van der Waals surface area contributed by atoms with Crippen molar-refractivity contribution in [1.29, 1.82) is 0 Å². The second kappa shape index (κ2) is 6.73. The summed E-state index contributed by atoms with van der Waals surface area (Å²) in [7, 11) is 3.47. The van der Waals surface area contributed by atoms with Crippen LogP contribution < -0.4 is 10.2 Å². The first-order chi connectivity index (χ1) is 9.93. The van der Waals surface area contributed by atoms with Gasteiger partial charge in [-0.25, -0.2) is 4.98 Å². The van der Waals surface area contributed by atoms with E-state index in [-0.39, 0.29) is 17.7 Å². The van der Waals surface area contributed by atoms with Crippen LogP contribution >= 0.6 is 0 Å². The summed E-state index contributed by atoms with van der Waals surface area (Å²) in [6.45, 7) is 8.87. The SMILES string of the molecule is COC1CN(c2cccc(CNC(C)(C)C)n2)CC1OC. The van der Waals surface area contributed by atoms with Gasteiger partial charge in [-0.15, -0.1) is 0 Å². The van der Waals surface area contributed by atoms with Gasteiger partial charge in [-0.05, 0) is 32.9 Å². The van der Waals surface area contributed by atoms with Crippen LogP contribution in [-0.2, 0) is 16.0 Å². The standard InChI is InChI=1S/C16H27N3O2/c1-16(2,3)17-9-12-7-6-8-15(18-12)19-10-13(20-4)14(11-19)21-5/h6-8,13-14,17H,9-11H2,1-5H3. The third-order valence-corrected chi connectivity index (χ3v) is 3.74. The van der Waals surface area contributed by atoms with Crippen LogP contribution in [0, 0.1) is 0 Å². The lowest BCUT2D eigenvalue weighted by atomic mass is 10.1. The summed E-state index contributed by atoms with van der Waals surface area (Å²) in [5.41, 5.74) is 1.14. The average molecular weight is 293 g/mol. The normalized spacial score (nSPS) is 22.8. The fourth-order valence-corrected chi connectivity index (χ4v) is 2.48. The Morgan fingerprint density at radius 1 is 1.19 bits per heavy atom. The van der Waals surface area contributed by atoms with Gasteiger partial charge in [0.05, 0.1) is 5.69 Å². The number of hydrogen-bond donors (Lipinski definition) is 1. The van der Waals surface area contributed by atoms with Gasteiger partial charge in [0.15, 0.2) is 0 Å². The van der Waals surface area contributed by atoms with Crippen molar-refractivity contribution >= 4 is 5.82 Å². The molecule has 1 aliphatic rings. The summed E-state index contributed by atoms with van der Waals surface area (Å²) in [6, 6.07) is 6.16. The lowest BCUT2D eigenvalue weighted by Crippen LogP contribution is -2.35. The molecule has 2 rings (SSSR count). The van der Waals surface area contributed by atoms with Gasteiger partial charge in [-0.1, -0.05) is 6.07 Å². The second-order valence-corrected chi connectivity index (χ2v) is 6.54.